The van der Waals surface area contributed by atoms with Gasteiger partial charge in [0.25, 0.3) is 5.01 Å². The summed E-state index contributed by atoms with van der Waals surface area (Å²) in [4.78, 5) is 27.2. The fraction of sp³-hybridized carbons (Fsp3) is 0.472. The zero-order chi connectivity index (χ0) is 30.6. The molecule has 0 atom stereocenters. The number of nitrogens with zero attached hydrogens (tertiary/aromatic N) is 2. The van der Waals surface area contributed by atoms with Gasteiger partial charge in [0.15, 0.2) is 5.78 Å². The fourth-order valence-electron chi connectivity index (χ4n) is 5.76. The zero-order valence-electron chi connectivity index (χ0n) is 25.8. The van der Waals surface area contributed by atoms with Crippen LogP contribution in [0.3, 0.4) is 0 Å². The topological polar surface area (TPSA) is 84.6 Å². The number of carboxylic acid groups (broad SMARTS) is 1. The van der Waals surface area contributed by atoms with Crippen LogP contribution in [0.15, 0.2) is 59.9 Å². The number of para-hydroxylation sites is 1. The van der Waals surface area contributed by atoms with E-state index in [2.05, 4.69) is 18.7 Å². The Kier molecular flexibility index (Phi) is 12.4. The van der Waals surface area contributed by atoms with E-state index in [9.17, 15) is 19.8 Å². The maximum absolute atomic E-state index is 13.2. The molecule has 1 aromatic heterocycles. The van der Waals surface area contributed by atoms with Crippen LogP contribution in [0.1, 0.15) is 101 Å². The first-order chi connectivity index (χ1) is 20.9. The van der Waals surface area contributed by atoms with E-state index in [-0.39, 0.29) is 29.2 Å². The molecule has 1 heterocycles. The van der Waals surface area contributed by atoms with Gasteiger partial charge < -0.3 is 15.1 Å². The highest BCUT2D eigenvalue weighted by molar-refractivity contribution is 7.18. The molecule has 4 rings (SSSR count). The summed E-state index contributed by atoms with van der Waals surface area (Å²) in [5.41, 5.74) is 2.87. The molecule has 6 nitrogen and oxygen atoms in total. The molecule has 1 aliphatic rings. The molecular formula is C36H46N2O4S. The number of hydrogen-bond acceptors (Lipinski definition) is 5. The third kappa shape index (κ3) is 8.56. The first-order valence-electron chi connectivity index (χ1n) is 16.1. The van der Waals surface area contributed by atoms with Crippen molar-refractivity contribution in [3.05, 3.63) is 70.4 Å². The van der Waals surface area contributed by atoms with E-state index >= 15 is 0 Å². The van der Waals surface area contributed by atoms with E-state index in [1.54, 1.807) is 10.6 Å². The molecule has 0 unspecified atom stereocenters. The van der Waals surface area contributed by atoms with Gasteiger partial charge in [-0.1, -0.05) is 119 Å². The molecule has 0 amide bonds. The lowest BCUT2D eigenvalue weighted by Crippen LogP contribution is -2.39. The molecule has 0 saturated carbocycles. The second-order valence-corrected chi connectivity index (χ2v) is 12.6. The Bertz CT molecular complexity index is 1420. The number of Topliss-reactive ketones (excluding diaryl/α,β-unsaturated/α-hetero) is 1. The average molecular weight is 603 g/mol. The van der Waals surface area contributed by atoms with Crippen LogP contribution in [0.4, 0.5) is 5.69 Å². The summed E-state index contributed by atoms with van der Waals surface area (Å²) in [6, 6.07) is 15.4. The number of aromatic nitrogens is 1. The summed E-state index contributed by atoms with van der Waals surface area (Å²) < 4.78 is 2.55. The summed E-state index contributed by atoms with van der Waals surface area (Å²) in [5.74, 6) is -1.55. The molecule has 1 N–H and O–H groups in total. The van der Waals surface area contributed by atoms with Gasteiger partial charge in [0.2, 0.25) is 12.1 Å². The lowest BCUT2D eigenvalue weighted by atomic mass is 9.83. The Hall–Kier alpha value is -3.45. The number of benzene rings is 2. The molecule has 0 fully saturated rings. The highest BCUT2D eigenvalue weighted by Crippen LogP contribution is 2.37. The van der Waals surface area contributed by atoms with Crippen LogP contribution in [0.2, 0.25) is 0 Å². The molecular weight excluding hydrogens is 556 g/mol. The lowest BCUT2D eigenvalue weighted by molar-refractivity contribution is -0.657. The maximum Gasteiger partial charge on any atom is 0.370 e. The Labute approximate surface area is 260 Å². The number of hydrogen-bond donors (Lipinski definition) is 1. The van der Waals surface area contributed by atoms with E-state index in [1.807, 2.05) is 48.5 Å². The van der Waals surface area contributed by atoms with Gasteiger partial charge in [-0.25, -0.2) is 4.79 Å². The molecule has 2 aromatic carbocycles. The third-order valence-corrected chi connectivity index (χ3v) is 9.34. The van der Waals surface area contributed by atoms with Crippen LogP contribution in [0, 0.1) is 0 Å². The SMILES string of the molecule is CCCCCCCCN(CCCCCCCC)c1ccc(C2=C([O-])C(=Cc3sc4ccccc4[n+]3CC(=O)O)C2=O)cc1. The van der Waals surface area contributed by atoms with Crippen molar-refractivity contribution in [2.75, 3.05) is 18.0 Å². The van der Waals surface area contributed by atoms with Crippen LogP contribution >= 0.6 is 11.3 Å². The third-order valence-electron chi connectivity index (χ3n) is 8.23. The van der Waals surface area contributed by atoms with Crippen molar-refractivity contribution in [3.63, 3.8) is 0 Å². The Morgan fingerprint density at radius 3 is 2.02 bits per heavy atom. The van der Waals surface area contributed by atoms with Gasteiger partial charge >= 0.3 is 5.97 Å². The summed E-state index contributed by atoms with van der Waals surface area (Å²) in [5, 5.41) is 23.2. The highest BCUT2D eigenvalue weighted by Gasteiger charge is 2.31. The smallest absolute Gasteiger partial charge is 0.370 e. The Morgan fingerprint density at radius 2 is 1.44 bits per heavy atom. The summed E-state index contributed by atoms with van der Waals surface area (Å²) in [6.45, 7) is 6.29. The van der Waals surface area contributed by atoms with E-state index in [4.69, 9.17) is 0 Å². The van der Waals surface area contributed by atoms with Crippen molar-refractivity contribution in [3.8, 4) is 0 Å². The lowest BCUT2D eigenvalue weighted by Gasteiger charge is -2.31. The molecule has 0 radical (unpaired) electrons. The van der Waals surface area contributed by atoms with Crippen LogP contribution < -0.4 is 14.6 Å². The number of carboxylic acids is 1. The second-order valence-electron chi connectivity index (χ2n) is 11.5. The summed E-state index contributed by atoms with van der Waals surface area (Å²) in [6.07, 6.45) is 16.7. The molecule has 43 heavy (non-hydrogen) atoms. The number of unbranched alkanes of at least 4 members (excludes halogenated alkanes) is 10. The number of carbonyl (C=O) groups excluding carboxylic acids is 1. The van der Waals surface area contributed by atoms with Gasteiger partial charge in [-0.05, 0) is 36.6 Å². The molecule has 0 spiro atoms. The predicted octanol–water partition coefficient (Wildman–Crippen LogP) is 7.54. The first-order valence-corrected chi connectivity index (χ1v) is 16.9. The maximum atomic E-state index is 13.2. The number of ketones is 1. The molecule has 3 aromatic rings. The number of fused-ring (bicyclic) bond motifs is 1. The standard InChI is InChI=1S/C36H46N2O4S/c1-3-5-7-9-11-15-23-37(24-16-12-10-8-6-4-2)28-21-19-27(20-22-28)34-35(41)29(36(34)42)25-32-38(26-33(39)40)30-17-13-14-18-31(30)43-32/h13-14,17-22,25H,3-12,15-16,23-24,26H2,1-2H3,(H-,39,40,41,42). The Balaban J connectivity index is 1.47. The number of aliphatic carboxylic acids is 1. The minimum Gasteiger partial charge on any atom is -0.871 e. The minimum absolute atomic E-state index is 0.109. The van der Waals surface area contributed by atoms with Gasteiger partial charge in [0.05, 0.1) is 0 Å². The van der Waals surface area contributed by atoms with Gasteiger partial charge in [0, 0.05) is 42.1 Å². The average Bonchev–Trinajstić information content (AvgIpc) is 3.35. The zero-order valence-corrected chi connectivity index (χ0v) is 26.6. The number of carbonyl (C=O) groups is 2. The monoisotopic (exact) mass is 602 g/mol. The van der Waals surface area contributed by atoms with Crippen molar-refractivity contribution >= 4 is 50.6 Å². The molecule has 0 bridgehead atoms. The van der Waals surface area contributed by atoms with Crippen molar-refractivity contribution in [2.24, 2.45) is 0 Å². The van der Waals surface area contributed by atoms with Crippen molar-refractivity contribution in [2.45, 2.75) is 97.4 Å². The molecule has 1 aliphatic carbocycles. The van der Waals surface area contributed by atoms with Gasteiger partial charge in [-0.3, -0.25) is 4.79 Å². The number of allylic oxidation sites excluding steroid dienone is 2. The van der Waals surface area contributed by atoms with Crippen molar-refractivity contribution < 1.29 is 24.4 Å². The van der Waals surface area contributed by atoms with E-state index in [1.165, 1.54) is 88.4 Å². The fourth-order valence-corrected chi connectivity index (χ4v) is 6.87. The number of thiazole rings is 1. The van der Waals surface area contributed by atoms with Crippen molar-refractivity contribution in [1.82, 2.24) is 0 Å². The van der Waals surface area contributed by atoms with Crippen LogP contribution in [-0.2, 0) is 16.1 Å². The van der Waals surface area contributed by atoms with Gasteiger partial charge in [0.1, 0.15) is 4.70 Å². The van der Waals surface area contributed by atoms with Crippen molar-refractivity contribution in [1.29, 1.82) is 0 Å². The van der Waals surface area contributed by atoms with E-state index in [0.717, 1.165) is 29.0 Å². The summed E-state index contributed by atoms with van der Waals surface area (Å²) in [7, 11) is 0. The number of anilines is 1. The minimum atomic E-state index is -0.978. The molecule has 7 heteroatoms. The highest BCUT2D eigenvalue weighted by atomic mass is 32.1. The quantitative estimate of drug-likeness (QED) is 0.0871. The van der Waals surface area contributed by atoms with E-state index < -0.39 is 5.97 Å². The largest absolute Gasteiger partial charge is 0.871 e. The Morgan fingerprint density at radius 1 is 0.860 bits per heavy atom. The van der Waals surface area contributed by atoms with E-state index in [0.29, 0.717) is 10.6 Å². The first kappa shape index (κ1) is 32.5. The number of rotatable bonds is 19. The van der Waals surface area contributed by atoms with Crippen LogP contribution in [-0.4, -0.2) is 29.9 Å². The normalized spacial score (nSPS) is 14.1. The summed E-state index contributed by atoms with van der Waals surface area (Å²) >= 11 is 1.38. The molecule has 0 saturated heterocycles. The second kappa shape index (κ2) is 16.4. The van der Waals surface area contributed by atoms with Gasteiger partial charge in [-0.15, -0.1) is 0 Å². The van der Waals surface area contributed by atoms with Crippen LogP contribution in [0.25, 0.3) is 21.9 Å². The van der Waals surface area contributed by atoms with Gasteiger partial charge in [-0.2, -0.15) is 4.57 Å². The van der Waals surface area contributed by atoms with Crippen LogP contribution in [0.5, 0.6) is 0 Å². The molecule has 230 valence electrons. The predicted molar refractivity (Wildman–Crippen MR) is 175 cm³/mol. The molecule has 0 aliphatic heterocycles.